The Balaban J connectivity index is 1.87. The van der Waals surface area contributed by atoms with Gasteiger partial charge in [-0.15, -0.1) is 0 Å². The minimum atomic E-state index is -4.14. The van der Waals surface area contributed by atoms with Gasteiger partial charge >= 0.3 is 10.1 Å². The molecule has 0 aromatic heterocycles. The van der Waals surface area contributed by atoms with Crippen molar-refractivity contribution >= 4 is 27.8 Å². The van der Waals surface area contributed by atoms with E-state index >= 15 is 0 Å². The fourth-order valence-corrected chi connectivity index (χ4v) is 4.26. The summed E-state index contributed by atoms with van der Waals surface area (Å²) in [6.45, 7) is 5.79. The van der Waals surface area contributed by atoms with E-state index in [4.69, 9.17) is 13.7 Å². The number of ether oxygens (including phenoxy) is 2. The molecule has 0 unspecified atom stereocenters. The Bertz CT molecular complexity index is 1440. The molecule has 1 N–H and O–H groups in total. The van der Waals surface area contributed by atoms with Crippen LogP contribution in [0.1, 0.15) is 23.6 Å². The first-order valence-electron chi connectivity index (χ1n) is 11.0. The summed E-state index contributed by atoms with van der Waals surface area (Å²) in [6, 6.07) is 17.7. The standard InChI is InChI=1S/C27H26N2O6S/c1-5-34-26-16-20(15-21(17-28)27(30)29-24-12-6-18(2)14-19(24)3)7-13-25(26)35-36(31,32)23-10-8-22(33-4)9-11-23/h6-16H,5H2,1-4H3,(H,29,30)/b21-15+. The zero-order valence-corrected chi connectivity index (χ0v) is 21.2. The normalized spacial score (nSPS) is 11.4. The van der Waals surface area contributed by atoms with Crippen LogP contribution in [0, 0.1) is 25.2 Å². The van der Waals surface area contributed by atoms with Crippen LogP contribution >= 0.6 is 0 Å². The predicted molar refractivity (Wildman–Crippen MR) is 137 cm³/mol. The number of nitriles is 1. The van der Waals surface area contributed by atoms with Gasteiger partial charge in [0.25, 0.3) is 5.91 Å². The smallest absolute Gasteiger partial charge is 0.339 e. The minimum Gasteiger partial charge on any atom is -0.497 e. The van der Waals surface area contributed by atoms with Crippen LogP contribution in [-0.4, -0.2) is 28.0 Å². The number of aryl methyl sites for hydroxylation is 2. The van der Waals surface area contributed by atoms with Crippen molar-refractivity contribution in [2.75, 3.05) is 19.0 Å². The van der Waals surface area contributed by atoms with Crippen LogP contribution in [0.2, 0.25) is 0 Å². The molecule has 0 aliphatic rings. The molecule has 0 fully saturated rings. The van der Waals surface area contributed by atoms with Gasteiger partial charge in [-0.05, 0) is 80.4 Å². The summed E-state index contributed by atoms with van der Waals surface area (Å²) in [7, 11) is -2.66. The molecule has 3 aromatic carbocycles. The van der Waals surface area contributed by atoms with Crippen LogP contribution in [0.15, 0.2) is 71.1 Å². The Morgan fingerprint density at radius 1 is 1.03 bits per heavy atom. The Morgan fingerprint density at radius 3 is 2.36 bits per heavy atom. The lowest BCUT2D eigenvalue weighted by Gasteiger charge is -2.13. The van der Waals surface area contributed by atoms with Crippen LogP contribution in [0.5, 0.6) is 17.2 Å². The van der Waals surface area contributed by atoms with Crippen molar-refractivity contribution in [2.45, 2.75) is 25.7 Å². The monoisotopic (exact) mass is 506 g/mol. The van der Waals surface area contributed by atoms with E-state index in [2.05, 4.69) is 5.32 Å². The molecule has 0 spiro atoms. The van der Waals surface area contributed by atoms with E-state index in [9.17, 15) is 18.5 Å². The lowest BCUT2D eigenvalue weighted by atomic mass is 10.1. The largest absolute Gasteiger partial charge is 0.497 e. The molecule has 3 rings (SSSR count). The van der Waals surface area contributed by atoms with Gasteiger partial charge < -0.3 is 19.0 Å². The SMILES string of the molecule is CCOc1cc(/C=C(\C#N)C(=O)Nc2ccc(C)cc2C)ccc1OS(=O)(=O)c1ccc(OC)cc1. The number of amides is 1. The molecule has 0 atom stereocenters. The second kappa shape index (κ2) is 11.4. The van der Waals surface area contributed by atoms with Crippen LogP contribution < -0.4 is 19.0 Å². The summed E-state index contributed by atoms with van der Waals surface area (Å²) < 4.78 is 41.5. The van der Waals surface area contributed by atoms with Crippen molar-refractivity contribution in [3.05, 3.63) is 82.9 Å². The molecular weight excluding hydrogens is 480 g/mol. The van der Waals surface area contributed by atoms with Gasteiger partial charge in [0.15, 0.2) is 11.5 Å². The van der Waals surface area contributed by atoms with Crippen LogP contribution in [0.3, 0.4) is 0 Å². The number of nitrogens with zero attached hydrogens (tertiary/aromatic N) is 1. The highest BCUT2D eigenvalue weighted by molar-refractivity contribution is 7.87. The lowest BCUT2D eigenvalue weighted by molar-refractivity contribution is -0.112. The van der Waals surface area contributed by atoms with E-state index in [1.54, 1.807) is 13.0 Å². The van der Waals surface area contributed by atoms with Crippen molar-refractivity contribution in [3.63, 3.8) is 0 Å². The van der Waals surface area contributed by atoms with Crippen molar-refractivity contribution < 1.29 is 26.9 Å². The molecule has 9 heteroatoms. The fraction of sp³-hybridized carbons (Fsp3) is 0.185. The van der Waals surface area contributed by atoms with Gasteiger partial charge in [0, 0.05) is 5.69 Å². The average Bonchev–Trinajstić information content (AvgIpc) is 2.85. The molecule has 0 bridgehead atoms. The van der Waals surface area contributed by atoms with Crippen molar-refractivity contribution in [1.82, 2.24) is 0 Å². The summed E-state index contributed by atoms with van der Waals surface area (Å²) >= 11 is 0. The summed E-state index contributed by atoms with van der Waals surface area (Å²) in [5.41, 5.74) is 2.87. The number of carbonyl (C=O) groups excluding carboxylic acids is 1. The van der Waals surface area contributed by atoms with E-state index in [0.29, 0.717) is 17.0 Å². The second-order valence-electron chi connectivity index (χ2n) is 7.79. The number of hydrogen-bond donors (Lipinski definition) is 1. The van der Waals surface area contributed by atoms with E-state index in [1.807, 2.05) is 32.0 Å². The van der Waals surface area contributed by atoms with E-state index in [0.717, 1.165) is 11.1 Å². The molecule has 1 amide bonds. The van der Waals surface area contributed by atoms with Gasteiger partial charge in [-0.25, -0.2) is 0 Å². The van der Waals surface area contributed by atoms with Crippen LogP contribution in [0.4, 0.5) is 5.69 Å². The number of benzene rings is 3. The van der Waals surface area contributed by atoms with Crippen LogP contribution in [-0.2, 0) is 14.9 Å². The second-order valence-corrected chi connectivity index (χ2v) is 9.34. The first-order valence-corrected chi connectivity index (χ1v) is 12.4. The number of carbonyl (C=O) groups is 1. The third-order valence-corrected chi connectivity index (χ3v) is 6.37. The highest BCUT2D eigenvalue weighted by atomic mass is 32.2. The summed E-state index contributed by atoms with van der Waals surface area (Å²) in [5.74, 6) is 0.0678. The quantitative estimate of drug-likeness (QED) is 0.246. The van der Waals surface area contributed by atoms with Crippen LogP contribution in [0.25, 0.3) is 6.08 Å². The summed E-state index contributed by atoms with van der Waals surface area (Å²) in [6.07, 6.45) is 1.39. The maximum absolute atomic E-state index is 12.8. The molecule has 0 saturated heterocycles. The molecule has 0 saturated carbocycles. The molecule has 186 valence electrons. The highest BCUT2D eigenvalue weighted by Gasteiger charge is 2.20. The Morgan fingerprint density at radius 2 is 1.75 bits per heavy atom. The number of anilines is 1. The Hall–Kier alpha value is -4.29. The Kier molecular flexibility index (Phi) is 8.35. The van der Waals surface area contributed by atoms with Gasteiger partial charge in [-0.2, -0.15) is 13.7 Å². The topological polar surface area (TPSA) is 115 Å². The lowest BCUT2D eigenvalue weighted by Crippen LogP contribution is -2.14. The molecule has 0 aliphatic heterocycles. The maximum Gasteiger partial charge on any atom is 0.339 e. The van der Waals surface area contributed by atoms with Crippen molar-refractivity contribution in [2.24, 2.45) is 0 Å². The number of methoxy groups -OCH3 is 1. The van der Waals surface area contributed by atoms with E-state index in [1.165, 1.54) is 55.7 Å². The minimum absolute atomic E-state index is 0.0249. The third-order valence-electron chi connectivity index (χ3n) is 5.12. The Labute approximate surface area is 210 Å². The molecule has 8 nitrogen and oxygen atoms in total. The molecule has 0 radical (unpaired) electrons. The maximum atomic E-state index is 12.8. The van der Waals surface area contributed by atoms with Gasteiger partial charge in [-0.1, -0.05) is 23.8 Å². The summed E-state index contributed by atoms with van der Waals surface area (Å²) in [4.78, 5) is 12.7. The number of rotatable bonds is 9. The van der Waals surface area contributed by atoms with Gasteiger partial charge in [0.1, 0.15) is 22.3 Å². The van der Waals surface area contributed by atoms with Crippen molar-refractivity contribution in [3.8, 4) is 23.3 Å². The number of nitrogens with one attached hydrogen (secondary N) is 1. The predicted octanol–water partition coefficient (Wildman–Crippen LogP) is 5.02. The van der Waals surface area contributed by atoms with Crippen molar-refractivity contribution in [1.29, 1.82) is 5.26 Å². The first kappa shape index (κ1) is 26.3. The molecular formula is C27H26N2O6S. The molecule has 3 aromatic rings. The molecule has 36 heavy (non-hydrogen) atoms. The summed E-state index contributed by atoms with van der Waals surface area (Å²) in [5, 5.41) is 12.3. The number of hydrogen-bond acceptors (Lipinski definition) is 7. The molecule has 0 heterocycles. The fourth-order valence-electron chi connectivity index (χ4n) is 3.32. The highest BCUT2D eigenvalue weighted by Crippen LogP contribution is 2.32. The molecule has 0 aliphatic carbocycles. The zero-order chi connectivity index (χ0) is 26.3. The third kappa shape index (κ3) is 6.43. The average molecular weight is 507 g/mol. The van der Waals surface area contributed by atoms with E-state index in [-0.39, 0.29) is 28.6 Å². The van der Waals surface area contributed by atoms with Gasteiger partial charge in [-0.3, -0.25) is 4.79 Å². The van der Waals surface area contributed by atoms with Gasteiger partial charge in [0.05, 0.1) is 13.7 Å². The zero-order valence-electron chi connectivity index (χ0n) is 20.4. The van der Waals surface area contributed by atoms with Gasteiger partial charge in [0.2, 0.25) is 0 Å². The first-order chi connectivity index (χ1) is 17.2. The van der Waals surface area contributed by atoms with E-state index < -0.39 is 16.0 Å².